The quantitative estimate of drug-likeness (QED) is 0.144. The second kappa shape index (κ2) is 13.7. The topological polar surface area (TPSA) is 160 Å². The van der Waals surface area contributed by atoms with Gasteiger partial charge in [0.05, 0.1) is 16.8 Å². The number of carbonyl (C=O) groups is 2. The van der Waals surface area contributed by atoms with E-state index in [2.05, 4.69) is 15.8 Å². The van der Waals surface area contributed by atoms with E-state index in [1.165, 1.54) is 30.5 Å². The predicted molar refractivity (Wildman–Crippen MR) is 157 cm³/mol. The monoisotopic (exact) mass is 587 g/mol. The summed E-state index contributed by atoms with van der Waals surface area (Å²) in [5.41, 5.74) is 3.05. The molecule has 0 fully saturated rings. The van der Waals surface area contributed by atoms with E-state index in [0.29, 0.717) is 17.0 Å². The van der Waals surface area contributed by atoms with Crippen molar-refractivity contribution in [1.29, 1.82) is 0 Å². The van der Waals surface area contributed by atoms with E-state index in [1.54, 1.807) is 66.7 Å². The van der Waals surface area contributed by atoms with E-state index < -0.39 is 38.0 Å². The number of amides is 2. The molecule has 0 heterocycles. The van der Waals surface area contributed by atoms with Crippen molar-refractivity contribution in [2.24, 2.45) is 5.10 Å². The van der Waals surface area contributed by atoms with Crippen molar-refractivity contribution in [3.05, 3.63) is 125 Å². The molecule has 42 heavy (non-hydrogen) atoms. The molecule has 4 rings (SSSR count). The van der Waals surface area contributed by atoms with Gasteiger partial charge in [-0.2, -0.15) is 5.10 Å². The minimum Gasteiger partial charge on any atom is -0.484 e. The highest BCUT2D eigenvalue weighted by molar-refractivity contribution is 7.93. The Hall–Kier alpha value is -5.56. The molecule has 0 unspecified atom stereocenters. The zero-order chi connectivity index (χ0) is 30.0. The van der Waals surface area contributed by atoms with Gasteiger partial charge in [-0.05, 0) is 60.2 Å². The van der Waals surface area contributed by atoms with Gasteiger partial charge in [-0.25, -0.2) is 13.8 Å². The fourth-order valence-electron chi connectivity index (χ4n) is 3.72. The Labute approximate surface area is 241 Å². The van der Waals surface area contributed by atoms with Crippen molar-refractivity contribution in [1.82, 2.24) is 5.43 Å². The fourth-order valence-corrected chi connectivity index (χ4v) is 5.30. The van der Waals surface area contributed by atoms with E-state index in [0.717, 1.165) is 16.4 Å². The Balaban J connectivity index is 1.38. The van der Waals surface area contributed by atoms with Crippen LogP contribution in [0.1, 0.15) is 5.56 Å². The lowest BCUT2D eigenvalue weighted by molar-refractivity contribution is -0.387. The number of nitro groups is 1. The molecule has 2 amide bonds. The number of rotatable bonds is 12. The van der Waals surface area contributed by atoms with Crippen molar-refractivity contribution < 1.29 is 27.7 Å². The first-order valence-corrected chi connectivity index (χ1v) is 13.9. The molecule has 2 N–H and O–H groups in total. The van der Waals surface area contributed by atoms with E-state index >= 15 is 0 Å². The molecule has 0 bridgehead atoms. The molecule has 0 aromatic heterocycles. The summed E-state index contributed by atoms with van der Waals surface area (Å²) in [5, 5.41) is 18.1. The van der Waals surface area contributed by atoms with Gasteiger partial charge >= 0.3 is 0 Å². The summed E-state index contributed by atoms with van der Waals surface area (Å²) in [6, 6.07) is 28.2. The number of nitrogens with one attached hydrogen (secondary N) is 2. The minimum atomic E-state index is -4.50. The van der Waals surface area contributed by atoms with Gasteiger partial charge < -0.3 is 10.1 Å². The first kappa shape index (κ1) is 29.4. The van der Waals surface area contributed by atoms with Crippen LogP contribution in [0.3, 0.4) is 0 Å². The minimum absolute atomic E-state index is 0.141. The Morgan fingerprint density at radius 2 is 1.48 bits per heavy atom. The van der Waals surface area contributed by atoms with Crippen LogP contribution in [0.5, 0.6) is 5.75 Å². The van der Waals surface area contributed by atoms with Crippen LogP contribution in [0.2, 0.25) is 0 Å². The molecule has 13 heteroatoms. The third-order valence-corrected chi connectivity index (χ3v) is 7.49. The lowest BCUT2D eigenvalue weighted by atomic mass is 10.2. The average molecular weight is 588 g/mol. The maximum atomic E-state index is 13.5. The van der Waals surface area contributed by atoms with Crippen LogP contribution in [0.15, 0.2) is 119 Å². The van der Waals surface area contributed by atoms with Crippen LogP contribution < -0.4 is 19.8 Å². The highest BCUT2D eigenvalue weighted by Gasteiger charge is 2.33. The van der Waals surface area contributed by atoms with Crippen LogP contribution >= 0.6 is 0 Å². The average Bonchev–Trinajstić information content (AvgIpc) is 3.00. The molecule has 12 nitrogen and oxygen atoms in total. The fraction of sp³-hybridized carbons (Fsp3) is 0.0690. The van der Waals surface area contributed by atoms with E-state index in [-0.39, 0.29) is 18.2 Å². The number of nitro benzene ring substituents is 1. The van der Waals surface area contributed by atoms with Crippen LogP contribution in [0.4, 0.5) is 17.1 Å². The third-order valence-electron chi connectivity index (χ3n) is 5.67. The molecular weight excluding hydrogens is 562 g/mol. The van der Waals surface area contributed by atoms with Gasteiger partial charge in [-0.1, -0.05) is 48.5 Å². The van der Waals surface area contributed by atoms with Gasteiger partial charge in [-0.15, -0.1) is 0 Å². The van der Waals surface area contributed by atoms with Crippen LogP contribution in [0, 0.1) is 10.1 Å². The first-order valence-electron chi connectivity index (χ1n) is 12.4. The molecule has 0 atom stereocenters. The molecule has 0 radical (unpaired) electrons. The summed E-state index contributed by atoms with van der Waals surface area (Å²) in [6.07, 6.45) is 1.34. The smallest absolute Gasteiger partial charge is 0.289 e. The number of nitrogens with zero attached hydrogens (tertiary/aromatic N) is 3. The number of para-hydroxylation sites is 3. The summed E-state index contributed by atoms with van der Waals surface area (Å²) >= 11 is 0. The van der Waals surface area contributed by atoms with Gasteiger partial charge in [0.15, 0.2) is 11.5 Å². The lowest BCUT2D eigenvalue weighted by Crippen LogP contribution is -2.39. The number of benzene rings is 4. The Morgan fingerprint density at radius 1 is 0.857 bits per heavy atom. The second-order valence-electron chi connectivity index (χ2n) is 8.64. The zero-order valence-electron chi connectivity index (χ0n) is 22.0. The summed E-state index contributed by atoms with van der Waals surface area (Å²) in [7, 11) is -4.50. The molecule has 0 saturated carbocycles. The van der Waals surface area contributed by atoms with Crippen molar-refractivity contribution >= 4 is 45.1 Å². The van der Waals surface area contributed by atoms with E-state index in [4.69, 9.17) is 4.74 Å². The van der Waals surface area contributed by atoms with Crippen LogP contribution in [0.25, 0.3) is 0 Å². The molecular formula is C29H25N5O7S. The standard InChI is InChI=1S/C29H25N5O7S/c35-28(20-33(24-11-5-2-6-12-24)42(39,40)27-14-8-7-13-26(27)34(37)38)32-30-19-22-15-17-25(18-16-22)41-21-29(36)31-23-9-3-1-4-10-23/h1-19H,20-21H2,(H,31,36)(H,32,35)/b30-19-. The van der Waals surface area contributed by atoms with Crippen molar-refractivity contribution in [2.75, 3.05) is 22.8 Å². The Morgan fingerprint density at radius 3 is 2.14 bits per heavy atom. The van der Waals surface area contributed by atoms with E-state index in [1.807, 2.05) is 6.07 Å². The predicted octanol–water partition coefficient (Wildman–Crippen LogP) is 3.96. The molecule has 0 aliphatic carbocycles. The van der Waals surface area contributed by atoms with Gasteiger partial charge in [0, 0.05) is 11.8 Å². The van der Waals surface area contributed by atoms with Gasteiger partial charge in [0.1, 0.15) is 12.3 Å². The highest BCUT2D eigenvalue weighted by atomic mass is 32.2. The molecule has 0 aliphatic rings. The summed E-state index contributed by atoms with van der Waals surface area (Å²) in [4.78, 5) is 34.9. The number of hydrogen-bond donors (Lipinski definition) is 2. The Bertz CT molecular complexity index is 1680. The first-order chi connectivity index (χ1) is 20.2. The third kappa shape index (κ3) is 7.76. The molecule has 214 valence electrons. The molecule has 4 aromatic rings. The van der Waals surface area contributed by atoms with Gasteiger partial charge in [-0.3, -0.25) is 24.0 Å². The number of carbonyl (C=O) groups excluding carboxylic acids is 2. The SMILES string of the molecule is O=C(CN(c1ccccc1)S(=O)(=O)c1ccccc1[N+](=O)[O-])N/N=C\c1ccc(OCC(=O)Nc2ccccc2)cc1. The maximum Gasteiger partial charge on any atom is 0.289 e. The molecule has 0 aliphatic heterocycles. The number of hydrazone groups is 1. The zero-order valence-corrected chi connectivity index (χ0v) is 22.8. The number of sulfonamides is 1. The van der Waals surface area contributed by atoms with Crippen LogP contribution in [-0.2, 0) is 19.6 Å². The van der Waals surface area contributed by atoms with Crippen molar-refractivity contribution in [3.8, 4) is 5.75 Å². The second-order valence-corrected chi connectivity index (χ2v) is 10.5. The van der Waals surface area contributed by atoms with Gasteiger partial charge in [0.25, 0.3) is 27.5 Å². The van der Waals surface area contributed by atoms with Crippen molar-refractivity contribution in [2.45, 2.75) is 4.90 Å². The number of ether oxygens (including phenoxy) is 1. The van der Waals surface area contributed by atoms with Crippen LogP contribution in [-0.4, -0.2) is 44.5 Å². The summed E-state index contributed by atoms with van der Waals surface area (Å²) in [5.74, 6) is -0.650. The summed E-state index contributed by atoms with van der Waals surface area (Å²) < 4.78 is 33.2. The van der Waals surface area contributed by atoms with Crippen molar-refractivity contribution in [3.63, 3.8) is 0 Å². The highest BCUT2D eigenvalue weighted by Crippen LogP contribution is 2.29. The summed E-state index contributed by atoms with van der Waals surface area (Å²) in [6.45, 7) is -0.876. The Kier molecular flexibility index (Phi) is 9.58. The molecule has 0 spiro atoms. The molecule has 4 aromatic carbocycles. The largest absolute Gasteiger partial charge is 0.484 e. The molecule has 0 saturated heterocycles. The lowest BCUT2D eigenvalue weighted by Gasteiger charge is -2.23. The number of anilines is 2. The van der Waals surface area contributed by atoms with Gasteiger partial charge in [0.2, 0.25) is 0 Å². The number of hydrogen-bond acceptors (Lipinski definition) is 8. The maximum absolute atomic E-state index is 13.5. The van der Waals surface area contributed by atoms with E-state index in [9.17, 15) is 28.1 Å². The normalized spacial score (nSPS) is 11.0.